The summed E-state index contributed by atoms with van der Waals surface area (Å²) in [5.74, 6) is -2.93. The van der Waals surface area contributed by atoms with E-state index in [0.29, 0.717) is 12.1 Å². The molecule has 0 saturated heterocycles. The van der Waals surface area contributed by atoms with Crippen LogP contribution in [-0.4, -0.2) is 19.3 Å². The summed E-state index contributed by atoms with van der Waals surface area (Å²) >= 11 is 8.53. The standard InChI is InChI=1S/C13H6BrClF4N2O3S.Na/c14-10-4-7(5-20-11(10)15)25(23,24)21-12(22)8-2-1-6(16)3-9(8)13(17,18)19;/h1-5H,(H,21,22);/q;+1/p-1. The number of alkyl halides is 3. The van der Waals surface area contributed by atoms with Gasteiger partial charge in [0.2, 0.25) is 0 Å². The zero-order valence-corrected chi connectivity index (χ0v) is 17.8. The third-order valence-electron chi connectivity index (χ3n) is 2.79. The van der Waals surface area contributed by atoms with Crippen LogP contribution in [-0.2, 0) is 16.2 Å². The van der Waals surface area contributed by atoms with Gasteiger partial charge < -0.3 is 9.52 Å². The van der Waals surface area contributed by atoms with Crippen molar-refractivity contribution in [2.24, 2.45) is 0 Å². The zero-order valence-electron chi connectivity index (χ0n) is 12.7. The van der Waals surface area contributed by atoms with Gasteiger partial charge in [-0.2, -0.15) is 13.2 Å². The van der Waals surface area contributed by atoms with Crippen LogP contribution in [0, 0.1) is 5.82 Å². The van der Waals surface area contributed by atoms with Crippen molar-refractivity contribution in [2.45, 2.75) is 11.1 Å². The minimum absolute atomic E-state index is 0. The quantitative estimate of drug-likeness (QED) is 0.377. The fourth-order valence-corrected chi connectivity index (χ4v) is 3.17. The van der Waals surface area contributed by atoms with Crippen molar-refractivity contribution in [1.82, 2.24) is 4.98 Å². The van der Waals surface area contributed by atoms with Gasteiger partial charge in [0.25, 0.3) is 0 Å². The molecular formula is C13H5BrClF4N2NaO3S. The molecule has 1 aromatic carbocycles. The average molecular weight is 484 g/mol. The first kappa shape index (κ1) is 23.3. The maximum absolute atomic E-state index is 13.0. The van der Waals surface area contributed by atoms with Gasteiger partial charge in [-0.3, -0.25) is 0 Å². The molecule has 2 rings (SSSR count). The number of nitrogens with zero attached hydrogens (tertiary/aromatic N) is 2. The number of pyridine rings is 1. The van der Waals surface area contributed by atoms with Gasteiger partial charge in [0.05, 0.1) is 20.8 Å². The molecule has 26 heavy (non-hydrogen) atoms. The summed E-state index contributed by atoms with van der Waals surface area (Å²) in [6, 6.07) is 2.16. The van der Waals surface area contributed by atoms with E-state index in [9.17, 15) is 30.8 Å². The molecular weight excluding hydrogens is 479 g/mol. The van der Waals surface area contributed by atoms with Crippen molar-refractivity contribution in [3.05, 3.63) is 61.8 Å². The molecule has 0 aliphatic rings. The fraction of sp³-hybridized carbons (Fsp3) is 0.0769. The molecule has 0 spiro atoms. The summed E-state index contributed by atoms with van der Waals surface area (Å²) in [4.78, 5) is 14.9. The number of sulfonamides is 1. The largest absolute Gasteiger partial charge is 1.00 e. The number of hydrogen-bond donors (Lipinski definition) is 0. The van der Waals surface area contributed by atoms with Crippen LogP contribution in [0.4, 0.5) is 17.6 Å². The van der Waals surface area contributed by atoms with Gasteiger partial charge in [-0.15, -0.1) is 0 Å². The Morgan fingerprint density at radius 3 is 2.38 bits per heavy atom. The summed E-state index contributed by atoms with van der Waals surface area (Å²) in [7, 11) is -4.66. The molecule has 1 heterocycles. The molecule has 0 aliphatic carbocycles. The summed E-state index contributed by atoms with van der Waals surface area (Å²) in [6.07, 6.45) is -4.29. The van der Waals surface area contributed by atoms with E-state index in [-0.39, 0.29) is 45.2 Å². The molecule has 0 radical (unpaired) electrons. The van der Waals surface area contributed by atoms with Crippen LogP contribution in [0.1, 0.15) is 15.9 Å². The van der Waals surface area contributed by atoms with Gasteiger partial charge >= 0.3 is 35.7 Å². The number of carbonyl (C=O) groups is 1. The Morgan fingerprint density at radius 1 is 1.23 bits per heavy atom. The molecule has 0 aliphatic heterocycles. The smallest absolute Gasteiger partial charge is 0.537 e. The predicted molar refractivity (Wildman–Crippen MR) is 83.2 cm³/mol. The van der Waals surface area contributed by atoms with Crippen molar-refractivity contribution in [2.75, 3.05) is 0 Å². The maximum Gasteiger partial charge on any atom is 1.00 e. The molecule has 1 aromatic heterocycles. The molecule has 0 unspecified atom stereocenters. The van der Waals surface area contributed by atoms with Gasteiger partial charge in [0.1, 0.15) is 21.0 Å². The molecule has 5 nitrogen and oxygen atoms in total. The number of aromatic nitrogens is 1. The number of carbonyl (C=O) groups excluding carboxylic acids is 1. The summed E-state index contributed by atoms with van der Waals surface area (Å²) in [6.45, 7) is 0. The van der Waals surface area contributed by atoms with Crippen molar-refractivity contribution in [3.63, 3.8) is 0 Å². The van der Waals surface area contributed by atoms with Crippen LogP contribution in [0.15, 0.2) is 39.8 Å². The summed E-state index contributed by atoms with van der Waals surface area (Å²) in [5.41, 5.74) is -2.73. The molecule has 0 fully saturated rings. The topological polar surface area (TPSA) is 78.2 Å². The van der Waals surface area contributed by atoms with Crippen molar-refractivity contribution >= 4 is 43.5 Å². The minimum atomic E-state index is -5.07. The van der Waals surface area contributed by atoms with Gasteiger partial charge in [-0.05, 0) is 40.2 Å². The van der Waals surface area contributed by atoms with Crippen LogP contribution >= 0.6 is 27.5 Å². The van der Waals surface area contributed by atoms with E-state index in [1.165, 1.54) is 0 Å². The second-order valence-electron chi connectivity index (χ2n) is 4.50. The molecule has 0 N–H and O–H groups in total. The summed E-state index contributed by atoms with van der Waals surface area (Å²) < 4.78 is 78.8. The van der Waals surface area contributed by atoms with Crippen LogP contribution in [0.25, 0.3) is 4.72 Å². The molecule has 0 saturated carbocycles. The van der Waals surface area contributed by atoms with E-state index in [0.717, 1.165) is 12.3 Å². The molecule has 0 atom stereocenters. The second-order valence-corrected chi connectivity index (χ2v) is 7.32. The second kappa shape index (κ2) is 8.53. The summed E-state index contributed by atoms with van der Waals surface area (Å²) in [5, 5.41) is -0.0665. The first-order chi connectivity index (χ1) is 11.4. The SMILES string of the molecule is O=C([N-]S(=O)(=O)c1cnc(Cl)c(Br)c1)c1ccc(F)cc1C(F)(F)F.[Na+]. The van der Waals surface area contributed by atoms with Crippen LogP contribution in [0.2, 0.25) is 5.15 Å². The number of benzene rings is 1. The zero-order chi connectivity index (χ0) is 19.0. The van der Waals surface area contributed by atoms with Crippen LogP contribution < -0.4 is 29.6 Å². The number of rotatable bonds is 3. The Labute approximate surface area is 180 Å². The molecule has 0 bridgehead atoms. The van der Waals surface area contributed by atoms with Gasteiger partial charge in [0, 0.05) is 11.8 Å². The molecule has 2 aromatic rings. The van der Waals surface area contributed by atoms with E-state index >= 15 is 0 Å². The van der Waals surface area contributed by atoms with Crippen molar-refractivity contribution < 1.29 is 60.3 Å². The normalized spacial score (nSPS) is 11.6. The first-order valence-electron chi connectivity index (χ1n) is 6.12. The Hall–Kier alpha value is -0.720. The van der Waals surface area contributed by atoms with Crippen molar-refractivity contribution in [3.8, 4) is 0 Å². The average Bonchev–Trinajstić information content (AvgIpc) is 2.48. The van der Waals surface area contributed by atoms with E-state index < -0.39 is 43.9 Å². The molecule has 1 amide bonds. The minimum Gasteiger partial charge on any atom is -0.537 e. The Balaban J connectivity index is 0.00000338. The van der Waals surface area contributed by atoms with E-state index in [2.05, 4.69) is 25.6 Å². The number of halogens is 6. The third kappa shape index (κ3) is 5.40. The van der Waals surface area contributed by atoms with Crippen LogP contribution in [0.3, 0.4) is 0 Å². The Kier molecular flexibility index (Phi) is 7.65. The Morgan fingerprint density at radius 2 is 1.85 bits per heavy atom. The Bertz CT molecular complexity index is 957. The maximum atomic E-state index is 13.0. The number of hydrogen-bond acceptors (Lipinski definition) is 4. The van der Waals surface area contributed by atoms with Gasteiger partial charge in [0.15, 0.2) is 0 Å². The third-order valence-corrected chi connectivity index (χ3v) is 5.15. The fourth-order valence-electron chi connectivity index (χ4n) is 1.69. The monoisotopic (exact) mass is 482 g/mol. The predicted octanol–water partition coefficient (Wildman–Crippen LogP) is 1.56. The van der Waals surface area contributed by atoms with E-state index in [1.54, 1.807) is 0 Å². The van der Waals surface area contributed by atoms with Crippen molar-refractivity contribution in [1.29, 1.82) is 0 Å². The van der Waals surface area contributed by atoms with E-state index in [4.69, 9.17) is 11.6 Å². The van der Waals surface area contributed by atoms with Gasteiger partial charge in [-0.1, -0.05) is 11.6 Å². The number of amides is 1. The van der Waals surface area contributed by atoms with Gasteiger partial charge in [-0.25, -0.2) is 17.8 Å². The van der Waals surface area contributed by atoms with Crippen LogP contribution in [0.5, 0.6) is 0 Å². The molecule has 13 heteroatoms. The molecule has 134 valence electrons. The first-order valence-corrected chi connectivity index (χ1v) is 8.73. The van der Waals surface area contributed by atoms with E-state index in [1.807, 2.05) is 0 Å².